The Morgan fingerprint density at radius 2 is 1.90 bits per heavy atom. The van der Waals surface area contributed by atoms with Crippen molar-refractivity contribution in [3.8, 4) is 17.2 Å². The molecule has 8 nitrogen and oxygen atoms in total. The first-order chi connectivity index (χ1) is 14.4. The van der Waals surface area contributed by atoms with Gasteiger partial charge in [-0.15, -0.1) is 10.2 Å². The molecule has 0 saturated carbocycles. The summed E-state index contributed by atoms with van der Waals surface area (Å²) in [7, 11) is 3.14. The van der Waals surface area contributed by atoms with E-state index in [2.05, 4.69) is 15.5 Å². The normalized spacial score (nSPS) is 10.5. The minimum Gasteiger partial charge on any atom is -0.497 e. The highest BCUT2D eigenvalue weighted by atomic mass is 16.5. The van der Waals surface area contributed by atoms with Crippen LogP contribution in [0.4, 0.5) is 5.69 Å². The molecule has 156 valence electrons. The summed E-state index contributed by atoms with van der Waals surface area (Å²) in [5.41, 5.74) is 2.58. The van der Waals surface area contributed by atoms with Gasteiger partial charge in [0.15, 0.2) is 0 Å². The summed E-state index contributed by atoms with van der Waals surface area (Å²) < 4.78 is 10.8. The van der Waals surface area contributed by atoms with Gasteiger partial charge in [-0.3, -0.25) is 9.59 Å². The number of carbonyl (C=O) groups excluding carboxylic acids is 2. The van der Waals surface area contributed by atoms with Gasteiger partial charge in [0, 0.05) is 37.2 Å². The quantitative estimate of drug-likeness (QED) is 0.615. The second-order valence-corrected chi connectivity index (χ2v) is 6.90. The van der Waals surface area contributed by atoms with E-state index in [0.717, 1.165) is 11.1 Å². The number of ether oxygens (including phenoxy) is 1. The molecule has 0 aliphatic rings. The van der Waals surface area contributed by atoms with Gasteiger partial charge in [-0.2, -0.15) is 0 Å². The van der Waals surface area contributed by atoms with E-state index in [1.165, 1.54) is 4.90 Å². The Hall–Kier alpha value is -3.68. The Morgan fingerprint density at radius 3 is 2.63 bits per heavy atom. The van der Waals surface area contributed by atoms with Crippen molar-refractivity contribution >= 4 is 17.5 Å². The summed E-state index contributed by atoms with van der Waals surface area (Å²) in [5.74, 6) is 0.961. The summed E-state index contributed by atoms with van der Waals surface area (Å²) in [6, 6.07) is 14.8. The second kappa shape index (κ2) is 9.69. The van der Waals surface area contributed by atoms with Crippen molar-refractivity contribution in [1.82, 2.24) is 15.1 Å². The number of carbonyl (C=O) groups is 2. The van der Waals surface area contributed by atoms with Gasteiger partial charge < -0.3 is 19.4 Å². The van der Waals surface area contributed by atoms with Gasteiger partial charge in [0.05, 0.1) is 13.7 Å². The molecule has 1 heterocycles. The number of aromatic nitrogens is 2. The molecule has 3 rings (SSSR count). The zero-order chi connectivity index (χ0) is 21.5. The molecule has 0 aliphatic heterocycles. The first-order valence-corrected chi connectivity index (χ1v) is 9.52. The Kier molecular flexibility index (Phi) is 6.79. The molecule has 0 fully saturated rings. The SMILES string of the molecule is COc1cccc(NC(=O)CN(C)C(=O)CCc2nnc(-c3ccc(C)cc3)o2)c1. The topological polar surface area (TPSA) is 97.6 Å². The fourth-order valence-corrected chi connectivity index (χ4v) is 2.78. The average Bonchev–Trinajstić information content (AvgIpc) is 3.21. The molecular weight excluding hydrogens is 384 g/mol. The van der Waals surface area contributed by atoms with Gasteiger partial charge >= 0.3 is 0 Å². The van der Waals surface area contributed by atoms with Crippen LogP contribution in [0.15, 0.2) is 52.9 Å². The lowest BCUT2D eigenvalue weighted by atomic mass is 10.1. The molecule has 0 spiro atoms. The van der Waals surface area contributed by atoms with Crippen molar-refractivity contribution in [3.63, 3.8) is 0 Å². The third-order valence-electron chi connectivity index (χ3n) is 4.48. The molecule has 0 unspecified atom stereocenters. The zero-order valence-corrected chi connectivity index (χ0v) is 17.2. The van der Waals surface area contributed by atoms with E-state index in [4.69, 9.17) is 9.15 Å². The van der Waals surface area contributed by atoms with Gasteiger partial charge in [0.1, 0.15) is 5.75 Å². The summed E-state index contributed by atoms with van der Waals surface area (Å²) in [6.07, 6.45) is 0.470. The molecule has 0 radical (unpaired) electrons. The van der Waals surface area contributed by atoms with Crippen molar-refractivity contribution in [2.24, 2.45) is 0 Å². The van der Waals surface area contributed by atoms with Crippen molar-refractivity contribution < 1.29 is 18.7 Å². The van der Waals surface area contributed by atoms with Gasteiger partial charge in [-0.05, 0) is 31.2 Å². The number of hydrogen-bond acceptors (Lipinski definition) is 6. The Labute approximate surface area is 174 Å². The lowest BCUT2D eigenvalue weighted by Gasteiger charge is -2.16. The van der Waals surface area contributed by atoms with E-state index in [1.807, 2.05) is 31.2 Å². The predicted octanol–water partition coefficient (Wildman–Crippen LogP) is 3.08. The van der Waals surface area contributed by atoms with Crippen LogP contribution in [0.5, 0.6) is 5.75 Å². The molecule has 2 amide bonds. The highest BCUT2D eigenvalue weighted by Crippen LogP contribution is 2.19. The fourth-order valence-electron chi connectivity index (χ4n) is 2.78. The number of anilines is 1. The number of hydrogen-bond donors (Lipinski definition) is 1. The van der Waals surface area contributed by atoms with E-state index < -0.39 is 0 Å². The van der Waals surface area contributed by atoms with Crippen LogP contribution in [0.3, 0.4) is 0 Å². The van der Waals surface area contributed by atoms with Gasteiger partial charge in [-0.25, -0.2) is 0 Å². The van der Waals surface area contributed by atoms with E-state index in [0.29, 0.717) is 29.6 Å². The molecular formula is C22H24N4O4. The fraction of sp³-hybridized carbons (Fsp3) is 0.273. The Bertz CT molecular complexity index is 1010. The number of nitrogens with zero attached hydrogens (tertiary/aromatic N) is 3. The first kappa shape index (κ1) is 21.0. The third kappa shape index (κ3) is 5.66. The van der Waals surface area contributed by atoms with Crippen molar-refractivity contribution in [2.45, 2.75) is 19.8 Å². The largest absolute Gasteiger partial charge is 0.497 e. The molecule has 30 heavy (non-hydrogen) atoms. The van der Waals surface area contributed by atoms with E-state index >= 15 is 0 Å². The second-order valence-electron chi connectivity index (χ2n) is 6.90. The summed E-state index contributed by atoms with van der Waals surface area (Å²) in [5, 5.41) is 10.8. The Morgan fingerprint density at radius 1 is 1.13 bits per heavy atom. The molecule has 0 saturated heterocycles. The van der Waals surface area contributed by atoms with Crippen molar-refractivity contribution in [3.05, 3.63) is 60.0 Å². The number of rotatable bonds is 8. The number of amides is 2. The van der Waals surface area contributed by atoms with Crippen LogP contribution in [0, 0.1) is 6.92 Å². The smallest absolute Gasteiger partial charge is 0.247 e. The molecule has 0 bridgehead atoms. The number of benzene rings is 2. The Balaban J connectivity index is 1.48. The standard InChI is InChI=1S/C22H24N4O4/c1-15-7-9-16(10-8-15)22-25-24-20(30-22)11-12-21(28)26(2)14-19(27)23-17-5-4-6-18(13-17)29-3/h4-10,13H,11-12,14H2,1-3H3,(H,23,27). The minimum absolute atomic E-state index is 0.0610. The van der Waals surface area contributed by atoms with Gasteiger partial charge in [-0.1, -0.05) is 23.8 Å². The van der Waals surface area contributed by atoms with Crippen molar-refractivity contribution in [2.75, 3.05) is 26.0 Å². The number of methoxy groups -OCH3 is 1. The summed E-state index contributed by atoms with van der Waals surface area (Å²) in [6.45, 7) is 1.94. The van der Waals surface area contributed by atoms with E-state index in [-0.39, 0.29) is 24.8 Å². The number of likely N-dealkylation sites (N-methyl/N-ethyl adjacent to an activating group) is 1. The highest BCUT2D eigenvalue weighted by molar-refractivity contribution is 5.94. The maximum Gasteiger partial charge on any atom is 0.247 e. The maximum atomic E-state index is 12.4. The lowest BCUT2D eigenvalue weighted by Crippen LogP contribution is -2.35. The molecule has 0 aliphatic carbocycles. The third-order valence-corrected chi connectivity index (χ3v) is 4.48. The lowest BCUT2D eigenvalue weighted by molar-refractivity contribution is -0.133. The minimum atomic E-state index is -0.293. The van der Waals surface area contributed by atoms with E-state index in [1.54, 1.807) is 38.4 Å². The molecule has 2 aromatic carbocycles. The summed E-state index contributed by atoms with van der Waals surface area (Å²) in [4.78, 5) is 25.9. The van der Waals surface area contributed by atoms with Gasteiger partial charge in [0.2, 0.25) is 23.6 Å². The molecule has 1 aromatic heterocycles. The van der Waals surface area contributed by atoms with Crippen LogP contribution in [0.25, 0.3) is 11.5 Å². The monoisotopic (exact) mass is 408 g/mol. The first-order valence-electron chi connectivity index (χ1n) is 9.52. The molecule has 8 heteroatoms. The van der Waals surface area contributed by atoms with Gasteiger partial charge in [0.25, 0.3) is 0 Å². The van der Waals surface area contributed by atoms with E-state index in [9.17, 15) is 9.59 Å². The average molecular weight is 408 g/mol. The summed E-state index contributed by atoms with van der Waals surface area (Å²) >= 11 is 0. The van der Waals surface area contributed by atoms with Crippen LogP contribution in [-0.4, -0.2) is 47.6 Å². The number of nitrogens with one attached hydrogen (secondary N) is 1. The molecule has 0 atom stereocenters. The van der Waals surface area contributed by atoms with Crippen molar-refractivity contribution in [1.29, 1.82) is 0 Å². The molecule has 3 aromatic rings. The maximum absolute atomic E-state index is 12.4. The zero-order valence-electron chi connectivity index (χ0n) is 17.2. The number of aryl methyl sites for hydroxylation is 2. The van der Waals surface area contributed by atoms with Crippen LogP contribution in [0.1, 0.15) is 17.9 Å². The van der Waals surface area contributed by atoms with Crippen LogP contribution >= 0.6 is 0 Å². The highest BCUT2D eigenvalue weighted by Gasteiger charge is 2.16. The van der Waals surface area contributed by atoms with Crippen LogP contribution in [0.2, 0.25) is 0 Å². The van der Waals surface area contributed by atoms with Crippen LogP contribution < -0.4 is 10.1 Å². The van der Waals surface area contributed by atoms with Crippen LogP contribution in [-0.2, 0) is 16.0 Å². The predicted molar refractivity (Wildman–Crippen MR) is 112 cm³/mol. The molecule has 1 N–H and O–H groups in total.